The van der Waals surface area contributed by atoms with E-state index in [-0.39, 0.29) is 5.91 Å². The van der Waals surface area contributed by atoms with E-state index in [1.54, 1.807) is 0 Å². The first-order valence-electron chi connectivity index (χ1n) is 7.97. The molecule has 0 saturated carbocycles. The van der Waals surface area contributed by atoms with Gasteiger partial charge in [-0.25, -0.2) is 0 Å². The maximum Gasteiger partial charge on any atom is 0.267 e. The van der Waals surface area contributed by atoms with Crippen molar-refractivity contribution in [1.82, 2.24) is 4.90 Å². The third-order valence-electron chi connectivity index (χ3n) is 4.01. The van der Waals surface area contributed by atoms with Crippen LogP contribution in [0.25, 0.3) is 10.4 Å². The van der Waals surface area contributed by atoms with E-state index in [4.69, 9.17) is 4.74 Å². The number of amides is 1. The topological polar surface area (TPSA) is 29.5 Å². The van der Waals surface area contributed by atoms with E-state index in [0.29, 0.717) is 17.2 Å². The van der Waals surface area contributed by atoms with Gasteiger partial charge in [0, 0.05) is 18.0 Å². The minimum Gasteiger partial charge on any atom is -0.492 e. The van der Waals surface area contributed by atoms with Gasteiger partial charge >= 0.3 is 0 Å². The van der Waals surface area contributed by atoms with Gasteiger partial charge in [-0.05, 0) is 31.4 Å². The Hall–Kier alpha value is -2.07. The molecule has 1 amide bonds. The van der Waals surface area contributed by atoms with Gasteiger partial charge in [0.25, 0.3) is 5.91 Å². The summed E-state index contributed by atoms with van der Waals surface area (Å²) in [6.07, 6.45) is 1.79. The number of carbonyl (C=O) groups excluding carboxylic acids is 1. The summed E-state index contributed by atoms with van der Waals surface area (Å²) in [5, 5.41) is 0. The van der Waals surface area contributed by atoms with Gasteiger partial charge in [-0.3, -0.25) is 4.79 Å². The van der Waals surface area contributed by atoms with E-state index < -0.39 is 0 Å². The fraction of sp³-hybridized carbons (Fsp3) is 0.316. The van der Waals surface area contributed by atoms with Crippen LogP contribution < -0.4 is 4.74 Å². The molecule has 0 N–H and O–H groups in total. The summed E-state index contributed by atoms with van der Waals surface area (Å²) >= 11 is 1.52. The van der Waals surface area contributed by atoms with Crippen LogP contribution in [0.1, 0.15) is 29.4 Å². The van der Waals surface area contributed by atoms with Crippen LogP contribution in [0.3, 0.4) is 0 Å². The molecule has 23 heavy (non-hydrogen) atoms. The molecule has 1 aromatic carbocycles. The Morgan fingerprint density at radius 3 is 2.61 bits per heavy atom. The number of thiophene rings is 1. The lowest BCUT2D eigenvalue weighted by Crippen LogP contribution is -2.35. The SMILES string of the molecule is C=C1CCN(C(=O)c2sc(-c3ccccc3)cc2OCC)CC1. The number of hydrogen-bond acceptors (Lipinski definition) is 3. The number of carbonyl (C=O) groups is 1. The van der Waals surface area contributed by atoms with Crippen molar-refractivity contribution in [2.45, 2.75) is 19.8 Å². The van der Waals surface area contributed by atoms with Gasteiger partial charge < -0.3 is 9.64 Å². The number of rotatable bonds is 4. The normalized spacial score (nSPS) is 14.8. The second kappa shape index (κ2) is 7.01. The van der Waals surface area contributed by atoms with E-state index in [2.05, 4.69) is 18.7 Å². The van der Waals surface area contributed by atoms with Crippen LogP contribution in [-0.2, 0) is 0 Å². The molecule has 2 aromatic rings. The number of piperidine rings is 1. The molecule has 120 valence electrons. The van der Waals surface area contributed by atoms with Gasteiger partial charge in [0.15, 0.2) is 0 Å². The molecule has 1 saturated heterocycles. The van der Waals surface area contributed by atoms with Gasteiger partial charge in [0.1, 0.15) is 10.6 Å². The van der Waals surface area contributed by atoms with Crippen LogP contribution in [0, 0.1) is 0 Å². The predicted octanol–water partition coefficient (Wildman–Crippen LogP) is 4.61. The van der Waals surface area contributed by atoms with Crippen molar-refractivity contribution < 1.29 is 9.53 Å². The average Bonchev–Trinajstić information content (AvgIpc) is 3.00. The molecule has 0 aliphatic carbocycles. The van der Waals surface area contributed by atoms with Gasteiger partial charge in [-0.15, -0.1) is 11.3 Å². The van der Waals surface area contributed by atoms with Crippen molar-refractivity contribution >= 4 is 17.2 Å². The average molecular weight is 327 g/mol. The molecule has 2 heterocycles. The zero-order valence-electron chi connectivity index (χ0n) is 13.4. The first-order valence-corrected chi connectivity index (χ1v) is 8.78. The molecule has 3 rings (SSSR count). The molecule has 0 spiro atoms. The molecular weight excluding hydrogens is 306 g/mol. The highest BCUT2D eigenvalue weighted by atomic mass is 32.1. The summed E-state index contributed by atoms with van der Waals surface area (Å²) in [7, 11) is 0. The number of ether oxygens (including phenoxy) is 1. The Balaban J connectivity index is 1.89. The lowest BCUT2D eigenvalue weighted by Gasteiger charge is -2.27. The number of hydrogen-bond donors (Lipinski definition) is 0. The minimum absolute atomic E-state index is 0.0770. The van der Waals surface area contributed by atoms with E-state index >= 15 is 0 Å². The molecular formula is C19H21NO2S. The Kier molecular flexibility index (Phi) is 4.82. The third kappa shape index (κ3) is 3.48. The lowest BCUT2D eigenvalue weighted by molar-refractivity contribution is 0.0745. The second-order valence-electron chi connectivity index (χ2n) is 5.65. The van der Waals surface area contributed by atoms with Crippen LogP contribution in [-0.4, -0.2) is 30.5 Å². The fourth-order valence-electron chi connectivity index (χ4n) is 2.70. The summed E-state index contributed by atoms with van der Waals surface area (Å²) in [5.41, 5.74) is 2.35. The molecule has 1 fully saturated rings. The lowest BCUT2D eigenvalue weighted by atomic mass is 10.1. The van der Waals surface area contributed by atoms with Crippen LogP contribution in [0.5, 0.6) is 5.75 Å². The fourth-order valence-corrected chi connectivity index (χ4v) is 3.78. The van der Waals surface area contributed by atoms with Gasteiger partial charge in [-0.2, -0.15) is 0 Å². The Morgan fingerprint density at radius 1 is 1.26 bits per heavy atom. The molecule has 3 nitrogen and oxygen atoms in total. The number of likely N-dealkylation sites (tertiary alicyclic amines) is 1. The van der Waals surface area contributed by atoms with Crippen molar-refractivity contribution in [3.8, 4) is 16.2 Å². The van der Waals surface area contributed by atoms with Crippen molar-refractivity contribution in [1.29, 1.82) is 0 Å². The first-order chi connectivity index (χ1) is 11.2. The maximum atomic E-state index is 12.9. The quantitative estimate of drug-likeness (QED) is 0.768. The molecule has 4 heteroatoms. The van der Waals surface area contributed by atoms with Crippen LogP contribution >= 0.6 is 11.3 Å². The summed E-state index contributed by atoms with van der Waals surface area (Å²) in [6.45, 7) is 8.02. The summed E-state index contributed by atoms with van der Waals surface area (Å²) < 4.78 is 5.72. The van der Waals surface area contributed by atoms with E-state index in [1.165, 1.54) is 16.9 Å². The summed E-state index contributed by atoms with van der Waals surface area (Å²) in [5.74, 6) is 0.777. The second-order valence-corrected chi connectivity index (χ2v) is 6.70. The van der Waals surface area contributed by atoms with Crippen LogP contribution in [0.4, 0.5) is 0 Å². The van der Waals surface area contributed by atoms with E-state index in [1.807, 2.05) is 36.1 Å². The smallest absolute Gasteiger partial charge is 0.267 e. The monoisotopic (exact) mass is 327 g/mol. The number of nitrogens with zero attached hydrogens (tertiary/aromatic N) is 1. The van der Waals surface area contributed by atoms with Crippen LogP contribution in [0.2, 0.25) is 0 Å². The predicted molar refractivity (Wildman–Crippen MR) is 95.2 cm³/mol. The standard InChI is InChI=1S/C19H21NO2S/c1-3-22-16-13-17(15-7-5-4-6-8-15)23-18(16)19(21)20-11-9-14(2)10-12-20/h4-8,13H,2-3,9-12H2,1H3. The summed E-state index contributed by atoms with van der Waals surface area (Å²) in [4.78, 5) is 16.6. The minimum atomic E-state index is 0.0770. The zero-order chi connectivity index (χ0) is 16.2. The molecule has 1 aromatic heterocycles. The Morgan fingerprint density at radius 2 is 1.96 bits per heavy atom. The van der Waals surface area contributed by atoms with E-state index in [9.17, 15) is 4.79 Å². The van der Waals surface area contributed by atoms with Crippen LogP contribution in [0.15, 0.2) is 48.6 Å². The zero-order valence-corrected chi connectivity index (χ0v) is 14.2. The molecule has 0 unspecified atom stereocenters. The molecule has 0 atom stereocenters. The molecule has 1 aliphatic heterocycles. The van der Waals surface area contributed by atoms with Gasteiger partial charge in [0.2, 0.25) is 0 Å². The van der Waals surface area contributed by atoms with Gasteiger partial charge in [-0.1, -0.05) is 42.5 Å². The highest BCUT2D eigenvalue weighted by molar-refractivity contribution is 7.17. The highest BCUT2D eigenvalue weighted by Gasteiger charge is 2.25. The van der Waals surface area contributed by atoms with Crippen molar-refractivity contribution in [2.75, 3.05) is 19.7 Å². The highest BCUT2D eigenvalue weighted by Crippen LogP contribution is 2.37. The molecule has 0 radical (unpaired) electrons. The van der Waals surface area contributed by atoms with E-state index in [0.717, 1.165) is 36.4 Å². The van der Waals surface area contributed by atoms with Crippen molar-refractivity contribution in [2.24, 2.45) is 0 Å². The van der Waals surface area contributed by atoms with Crippen molar-refractivity contribution in [3.63, 3.8) is 0 Å². The molecule has 1 aliphatic rings. The number of benzene rings is 1. The Labute approximate surface area is 141 Å². The van der Waals surface area contributed by atoms with Gasteiger partial charge in [0.05, 0.1) is 6.61 Å². The largest absolute Gasteiger partial charge is 0.492 e. The summed E-state index contributed by atoms with van der Waals surface area (Å²) in [6, 6.07) is 12.1. The molecule has 0 bridgehead atoms. The third-order valence-corrected chi connectivity index (χ3v) is 5.16. The first kappa shape index (κ1) is 15.8. The maximum absolute atomic E-state index is 12.9. The van der Waals surface area contributed by atoms with Crippen molar-refractivity contribution in [3.05, 3.63) is 53.4 Å². The Bertz CT molecular complexity index is 695.